The molecular formula is C30H37N3Si. The van der Waals surface area contributed by atoms with E-state index in [2.05, 4.69) is 128 Å². The molecule has 7 atom stereocenters. The van der Waals surface area contributed by atoms with Gasteiger partial charge in [0.2, 0.25) is 0 Å². The van der Waals surface area contributed by atoms with E-state index in [1.165, 1.54) is 11.1 Å². The molecule has 176 valence electrons. The number of aliphatic imine (C=N–C) groups is 1. The molecule has 2 aliphatic heterocycles. The van der Waals surface area contributed by atoms with Crippen LogP contribution in [0.1, 0.15) is 19.4 Å². The van der Waals surface area contributed by atoms with Crippen molar-refractivity contribution in [2.45, 2.75) is 50.9 Å². The Labute approximate surface area is 205 Å². The summed E-state index contributed by atoms with van der Waals surface area (Å²) in [6, 6.07) is 11.1. The summed E-state index contributed by atoms with van der Waals surface area (Å²) in [6.07, 6.45) is 23.9. The third kappa shape index (κ3) is 3.34. The Morgan fingerprint density at radius 3 is 2.03 bits per heavy atom. The van der Waals surface area contributed by atoms with Gasteiger partial charge in [-0.1, -0.05) is 106 Å². The standard InChI is InChI=1S/C30H37N3Si/c1-20(2)29-32-27-22(21-12-6-5-7-13-21)18-19-31-30(27)33(29)34(3,4)28-25-16-10-8-14-23(25)24-15-9-11-17-26(24)28/h5-20,23-30,32H,1-4H3/t23?,24?,25?,26?,27?,28?,29-,30-/m0/s1. The second kappa shape index (κ2) is 8.44. The lowest BCUT2D eigenvalue weighted by atomic mass is 9.83. The van der Waals surface area contributed by atoms with Crippen molar-refractivity contribution >= 4 is 20.0 Å². The molecule has 4 heteroatoms. The van der Waals surface area contributed by atoms with Gasteiger partial charge in [-0.2, -0.15) is 0 Å². The van der Waals surface area contributed by atoms with Crippen LogP contribution in [0.2, 0.25) is 18.6 Å². The zero-order chi connectivity index (χ0) is 23.4. The van der Waals surface area contributed by atoms with Crippen molar-refractivity contribution in [2.75, 3.05) is 0 Å². The number of dihydropyridines is 1. The van der Waals surface area contributed by atoms with Gasteiger partial charge in [-0.15, -0.1) is 0 Å². The Bertz CT molecular complexity index is 1080. The maximum atomic E-state index is 5.16. The fourth-order valence-corrected chi connectivity index (χ4v) is 12.5. The Hall–Kier alpha value is -2.27. The van der Waals surface area contributed by atoms with E-state index >= 15 is 0 Å². The van der Waals surface area contributed by atoms with Crippen LogP contribution in [0.4, 0.5) is 0 Å². The number of allylic oxidation sites excluding steroid dienone is 9. The van der Waals surface area contributed by atoms with Crippen molar-refractivity contribution in [1.29, 1.82) is 0 Å². The highest BCUT2D eigenvalue weighted by atomic mass is 28.3. The van der Waals surface area contributed by atoms with E-state index < -0.39 is 8.24 Å². The summed E-state index contributed by atoms with van der Waals surface area (Å²) in [5.74, 6) is 2.97. The topological polar surface area (TPSA) is 27.6 Å². The van der Waals surface area contributed by atoms with Gasteiger partial charge in [0.25, 0.3) is 0 Å². The third-order valence-electron chi connectivity index (χ3n) is 9.00. The minimum absolute atomic E-state index is 0.165. The van der Waals surface area contributed by atoms with Crippen molar-refractivity contribution in [3.63, 3.8) is 0 Å². The summed E-state index contributed by atoms with van der Waals surface area (Å²) in [4.78, 5) is 5.16. The SMILES string of the molecule is CC(C)[C@H]1NC2C(c3ccccc3)=CC=N[C@H]2N1[Si](C)(C)C1C2C=CC=CC2C2C=CC=CC21. The second-order valence-electron chi connectivity index (χ2n) is 11.5. The highest BCUT2D eigenvalue weighted by molar-refractivity contribution is 6.76. The first-order chi connectivity index (χ1) is 16.5. The summed E-state index contributed by atoms with van der Waals surface area (Å²) in [6.45, 7) is 10.00. The van der Waals surface area contributed by atoms with Gasteiger partial charge in [0.1, 0.15) is 14.4 Å². The first-order valence-electron chi connectivity index (χ1n) is 13.0. The monoisotopic (exact) mass is 467 g/mol. The van der Waals surface area contributed by atoms with Crippen molar-refractivity contribution in [2.24, 2.45) is 34.6 Å². The number of hydrogen-bond donors (Lipinski definition) is 1. The van der Waals surface area contributed by atoms with Crippen LogP contribution in [-0.2, 0) is 0 Å². The van der Waals surface area contributed by atoms with Gasteiger partial charge in [-0.05, 0) is 52.3 Å². The summed E-state index contributed by atoms with van der Waals surface area (Å²) in [5, 5.41) is 4.08. The fourth-order valence-electron chi connectivity index (χ4n) is 7.66. The van der Waals surface area contributed by atoms with Crippen LogP contribution in [0.15, 0.2) is 90.0 Å². The fraction of sp³-hybridized carbons (Fsp3) is 0.433. The largest absolute Gasteiger partial charge is 0.292 e. The quantitative estimate of drug-likeness (QED) is 0.547. The number of hydrogen-bond acceptors (Lipinski definition) is 3. The lowest BCUT2D eigenvalue weighted by molar-refractivity contribution is 0.244. The van der Waals surface area contributed by atoms with Gasteiger partial charge in [-0.25, -0.2) is 0 Å². The van der Waals surface area contributed by atoms with E-state index in [-0.39, 0.29) is 12.2 Å². The van der Waals surface area contributed by atoms with E-state index in [1.54, 1.807) is 0 Å². The molecule has 34 heavy (non-hydrogen) atoms. The summed E-state index contributed by atoms with van der Waals surface area (Å²) in [5.41, 5.74) is 3.34. The van der Waals surface area contributed by atoms with E-state index in [0.717, 1.165) is 0 Å². The molecule has 0 spiro atoms. The molecule has 2 heterocycles. The molecule has 1 aromatic rings. The maximum Gasteiger partial charge on any atom is 0.130 e. The summed E-state index contributed by atoms with van der Waals surface area (Å²) in [7, 11) is -1.96. The molecule has 1 N–H and O–H groups in total. The number of nitrogens with zero attached hydrogens (tertiary/aromatic N) is 2. The Balaban J connectivity index is 1.40. The number of nitrogens with one attached hydrogen (secondary N) is 1. The molecule has 2 fully saturated rings. The van der Waals surface area contributed by atoms with Gasteiger partial charge < -0.3 is 0 Å². The van der Waals surface area contributed by atoms with Gasteiger partial charge in [-0.3, -0.25) is 14.9 Å². The highest BCUT2D eigenvalue weighted by Gasteiger charge is 2.60. The predicted octanol–water partition coefficient (Wildman–Crippen LogP) is 6.04. The lowest BCUT2D eigenvalue weighted by Gasteiger charge is -2.48. The highest BCUT2D eigenvalue weighted by Crippen LogP contribution is 2.59. The van der Waals surface area contributed by atoms with Crippen molar-refractivity contribution in [1.82, 2.24) is 9.88 Å². The molecule has 1 saturated carbocycles. The molecule has 6 rings (SSSR count). The third-order valence-corrected chi connectivity index (χ3v) is 13.3. The van der Waals surface area contributed by atoms with Crippen LogP contribution in [-0.4, -0.2) is 37.4 Å². The van der Waals surface area contributed by atoms with E-state index in [1.807, 2.05) is 0 Å². The molecule has 0 amide bonds. The van der Waals surface area contributed by atoms with Gasteiger partial charge >= 0.3 is 0 Å². The molecule has 1 saturated heterocycles. The van der Waals surface area contributed by atoms with Crippen LogP contribution in [0.25, 0.3) is 5.57 Å². The number of fused-ring (bicyclic) bond motifs is 4. The lowest BCUT2D eigenvalue weighted by Crippen LogP contribution is -2.61. The van der Waals surface area contributed by atoms with Gasteiger partial charge in [0, 0.05) is 6.21 Å². The molecule has 3 aliphatic carbocycles. The average molecular weight is 468 g/mol. The zero-order valence-electron chi connectivity index (χ0n) is 20.8. The van der Waals surface area contributed by atoms with E-state index in [9.17, 15) is 0 Å². The van der Waals surface area contributed by atoms with Crippen LogP contribution in [0.5, 0.6) is 0 Å². The predicted molar refractivity (Wildman–Crippen MR) is 146 cm³/mol. The zero-order valence-corrected chi connectivity index (χ0v) is 21.8. The minimum atomic E-state index is -1.96. The molecule has 0 radical (unpaired) electrons. The molecule has 5 unspecified atom stereocenters. The molecule has 3 nitrogen and oxygen atoms in total. The molecule has 0 aromatic heterocycles. The van der Waals surface area contributed by atoms with Gasteiger partial charge in [0.05, 0.1) is 12.2 Å². The smallest absolute Gasteiger partial charge is 0.130 e. The first kappa shape index (κ1) is 22.2. The van der Waals surface area contributed by atoms with Gasteiger partial charge in [0.15, 0.2) is 0 Å². The van der Waals surface area contributed by atoms with Crippen LogP contribution in [0.3, 0.4) is 0 Å². The molecule has 0 bridgehead atoms. The summed E-state index contributed by atoms with van der Waals surface area (Å²) < 4.78 is 2.89. The molecule has 1 aromatic carbocycles. The summed E-state index contributed by atoms with van der Waals surface area (Å²) >= 11 is 0. The number of rotatable bonds is 4. The van der Waals surface area contributed by atoms with Crippen molar-refractivity contribution in [3.8, 4) is 0 Å². The van der Waals surface area contributed by atoms with Crippen molar-refractivity contribution < 1.29 is 0 Å². The normalized spacial score (nSPS) is 38.2. The Morgan fingerprint density at radius 1 is 0.853 bits per heavy atom. The second-order valence-corrected chi connectivity index (χ2v) is 16.0. The average Bonchev–Trinajstić information content (AvgIpc) is 3.42. The molecule has 5 aliphatic rings. The van der Waals surface area contributed by atoms with Crippen LogP contribution in [0, 0.1) is 29.6 Å². The minimum Gasteiger partial charge on any atom is -0.292 e. The molecular weight excluding hydrogens is 430 g/mol. The van der Waals surface area contributed by atoms with E-state index in [0.29, 0.717) is 41.3 Å². The first-order valence-corrected chi connectivity index (χ1v) is 16.0. The van der Waals surface area contributed by atoms with Crippen LogP contribution < -0.4 is 5.32 Å². The van der Waals surface area contributed by atoms with E-state index in [4.69, 9.17) is 4.99 Å². The van der Waals surface area contributed by atoms with Crippen LogP contribution >= 0.6 is 0 Å². The Morgan fingerprint density at radius 2 is 1.44 bits per heavy atom. The number of benzene rings is 1. The maximum absolute atomic E-state index is 5.16. The van der Waals surface area contributed by atoms with Crippen molar-refractivity contribution in [3.05, 3.63) is 90.6 Å². The Kier molecular flexibility index (Phi) is 5.51.